The molecule has 9 nitrogen and oxygen atoms in total. The molecule has 0 spiro atoms. The van der Waals surface area contributed by atoms with Crippen LogP contribution in [0.15, 0.2) is 18.2 Å². The van der Waals surface area contributed by atoms with Crippen molar-refractivity contribution in [2.45, 2.75) is 13.3 Å². The SMILES string of the molecule is CCOc1ccc2nc(N3CC(C(=O)NCCNS(C)(=O)=O)CC3=O)sc2c1. The Morgan fingerprint density at radius 2 is 2.18 bits per heavy atom. The number of carbonyl (C=O) groups is 2. The van der Waals surface area contributed by atoms with Gasteiger partial charge < -0.3 is 10.1 Å². The zero-order chi connectivity index (χ0) is 20.3. The molecule has 1 unspecified atom stereocenters. The maximum Gasteiger partial charge on any atom is 0.229 e. The molecule has 2 heterocycles. The average Bonchev–Trinajstić information content (AvgIpc) is 3.20. The molecule has 28 heavy (non-hydrogen) atoms. The number of rotatable bonds is 8. The molecule has 0 bridgehead atoms. The average molecular weight is 427 g/mol. The van der Waals surface area contributed by atoms with Crippen molar-refractivity contribution >= 4 is 48.5 Å². The highest BCUT2D eigenvalue weighted by Gasteiger charge is 2.36. The van der Waals surface area contributed by atoms with Gasteiger partial charge in [0.15, 0.2) is 5.13 Å². The third-order valence-corrected chi connectivity index (χ3v) is 5.94. The van der Waals surface area contributed by atoms with Crippen molar-refractivity contribution in [1.29, 1.82) is 0 Å². The number of amides is 2. The number of carbonyl (C=O) groups excluding carboxylic acids is 2. The van der Waals surface area contributed by atoms with Crippen molar-refractivity contribution in [1.82, 2.24) is 15.0 Å². The van der Waals surface area contributed by atoms with Gasteiger partial charge in [-0.2, -0.15) is 0 Å². The summed E-state index contributed by atoms with van der Waals surface area (Å²) in [6, 6.07) is 5.57. The summed E-state index contributed by atoms with van der Waals surface area (Å²) < 4.78 is 30.7. The number of sulfonamides is 1. The van der Waals surface area contributed by atoms with Crippen LogP contribution >= 0.6 is 11.3 Å². The molecule has 1 aliphatic rings. The number of nitrogens with zero attached hydrogens (tertiary/aromatic N) is 2. The standard InChI is InChI=1S/C17H22N4O5S2/c1-3-26-12-4-5-13-14(9-12)27-17(20-13)21-10-11(8-15(21)22)16(23)18-6-7-19-28(2,24)25/h4-5,9,11,19H,3,6-8,10H2,1-2H3,(H,18,23). The first kappa shape index (κ1) is 20.5. The fourth-order valence-electron chi connectivity index (χ4n) is 2.90. The van der Waals surface area contributed by atoms with Crippen molar-refractivity contribution in [3.05, 3.63) is 18.2 Å². The number of ether oxygens (including phenoxy) is 1. The van der Waals surface area contributed by atoms with Crippen LogP contribution < -0.4 is 19.7 Å². The van der Waals surface area contributed by atoms with Crippen LogP contribution in [0.1, 0.15) is 13.3 Å². The van der Waals surface area contributed by atoms with Gasteiger partial charge in [0.25, 0.3) is 0 Å². The molecule has 1 aromatic heterocycles. The van der Waals surface area contributed by atoms with E-state index in [2.05, 4.69) is 15.0 Å². The van der Waals surface area contributed by atoms with Gasteiger partial charge in [-0.1, -0.05) is 11.3 Å². The minimum Gasteiger partial charge on any atom is -0.494 e. The number of anilines is 1. The predicted octanol–water partition coefficient (Wildman–Crippen LogP) is 0.713. The Morgan fingerprint density at radius 3 is 2.89 bits per heavy atom. The number of benzene rings is 1. The molecule has 152 valence electrons. The molecule has 1 aliphatic heterocycles. The van der Waals surface area contributed by atoms with Gasteiger partial charge in [0.2, 0.25) is 21.8 Å². The van der Waals surface area contributed by atoms with Crippen LogP contribution in [-0.2, 0) is 19.6 Å². The van der Waals surface area contributed by atoms with Crippen LogP contribution in [0, 0.1) is 5.92 Å². The van der Waals surface area contributed by atoms with E-state index in [4.69, 9.17) is 4.74 Å². The maximum absolute atomic E-state index is 12.4. The lowest BCUT2D eigenvalue weighted by molar-refractivity contribution is -0.126. The molecule has 1 saturated heterocycles. The van der Waals surface area contributed by atoms with Gasteiger partial charge in [0.05, 0.1) is 29.0 Å². The van der Waals surface area contributed by atoms with Crippen molar-refractivity contribution in [2.75, 3.05) is 37.4 Å². The van der Waals surface area contributed by atoms with Crippen LogP contribution in [0.3, 0.4) is 0 Å². The van der Waals surface area contributed by atoms with E-state index >= 15 is 0 Å². The second-order valence-electron chi connectivity index (χ2n) is 6.42. The quantitative estimate of drug-likeness (QED) is 0.601. The largest absolute Gasteiger partial charge is 0.494 e. The third-order valence-electron chi connectivity index (χ3n) is 4.17. The maximum atomic E-state index is 12.4. The topological polar surface area (TPSA) is 118 Å². The fourth-order valence-corrected chi connectivity index (χ4v) is 4.39. The fraction of sp³-hybridized carbons (Fsp3) is 0.471. The monoisotopic (exact) mass is 426 g/mol. The molecule has 0 aliphatic carbocycles. The molecule has 11 heteroatoms. The molecule has 1 aromatic carbocycles. The van der Waals surface area contributed by atoms with Crippen LogP contribution in [0.5, 0.6) is 5.75 Å². The highest BCUT2D eigenvalue weighted by molar-refractivity contribution is 7.88. The van der Waals surface area contributed by atoms with E-state index in [1.165, 1.54) is 16.2 Å². The number of thiazole rings is 1. The Hall–Kier alpha value is -2.24. The van der Waals surface area contributed by atoms with Crippen molar-refractivity contribution in [3.8, 4) is 5.75 Å². The summed E-state index contributed by atoms with van der Waals surface area (Å²) in [5.41, 5.74) is 0.774. The molecule has 1 atom stereocenters. The first-order chi connectivity index (χ1) is 13.3. The van der Waals surface area contributed by atoms with Gasteiger partial charge in [0.1, 0.15) is 5.75 Å². The minimum atomic E-state index is -3.29. The highest BCUT2D eigenvalue weighted by atomic mass is 32.2. The van der Waals surface area contributed by atoms with Gasteiger partial charge in [-0.3, -0.25) is 14.5 Å². The van der Waals surface area contributed by atoms with Gasteiger partial charge in [-0.15, -0.1) is 0 Å². The summed E-state index contributed by atoms with van der Waals surface area (Å²) in [7, 11) is -3.29. The number of hydrogen-bond acceptors (Lipinski definition) is 7. The lowest BCUT2D eigenvalue weighted by Crippen LogP contribution is -2.38. The Labute approximate surface area is 167 Å². The lowest BCUT2D eigenvalue weighted by atomic mass is 10.1. The first-order valence-electron chi connectivity index (χ1n) is 8.83. The van der Waals surface area contributed by atoms with Crippen molar-refractivity contribution in [2.24, 2.45) is 5.92 Å². The summed E-state index contributed by atoms with van der Waals surface area (Å²) in [5, 5.41) is 3.22. The van der Waals surface area contributed by atoms with Gasteiger partial charge in [-0.25, -0.2) is 18.1 Å². The van der Waals surface area contributed by atoms with Gasteiger partial charge >= 0.3 is 0 Å². The van der Waals surface area contributed by atoms with Gasteiger partial charge in [-0.05, 0) is 25.1 Å². The van der Waals surface area contributed by atoms with Crippen molar-refractivity contribution < 1.29 is 22.7 Å². The van der Waals surface area contributed by atoms with E-state index in [1.54, 1.807) is 0 Å². The van der Waals surface area contributed by atoms with Crippen LogP contribution in [0.4, 0.5) is 5.13 Å². The summed E-state index contributed by atoms with van der Waals surface area (Å²) >= 11 is 1.38. The van der Waals surface area contributed by atoms with Crippen LogP contribution in [-0.4, -0.2) is 57.7 Å². The Balaban J connectivity index is 1.62. The van der Waals surface area contributed by atoms with E-state index in [-0.39, 0.29) is 37.9 Å². The second kappa shape index (κ2) is 8.41. The smallest absolute Gasteiger partial charge is 0.229 e. The molecule has 2 aromatic rings. The van der Waals surface area contributed by atoms with Crippen molar-refractivity contribution in [3.63, 3.8) is 0 Å². The van der Waals surface area contributed by atoms with Crippen LogP contribution in [0.2, 0.25) is 0 Å². The molecule has 1 fully saturated rings. The minimum absolute atomic E-state index is 0.103. The summed E-state index contributed by atoms with van der Waals surface area (Å²) in [5.74, 6) is -0.168. The predicted molar refractivity (Wildman–Crippen MR) is 107 cm³/mol. The van der Waals surface area contributed by atoms with E-state index in [9.17, 15) is 18.0 Å². The van der Waals surface area contributed by atoms with E-state index in [1.807, 2.05) is 25.1 Å². The molecule has 0 saturated carbocycles. The second-order valence-corrected chi connectivity index (χ2v) is 9.26. The van der Waals surface area contributed by atoms with Gasteiger partial charge in [0, 0.05) is 26.1 Å². The molecular weight excluding hydrogens is 404 g/mol. The zero-order valence-corrected chi connectivity index (χ0v) is 17.2. The van der Waals surface area contributed by atoms with E-state index < -0.39 is 15.9 Å². The Morgan fingerprint density at radius 1 is 1.39 bits per heavy atom. The molecule has 3 rings (SSSR count). The number of fused-ring (bicyclic) bond motifs is 1. The molecular formula is C17H22N4O5S2. The molecule has 2 N–H and O–H groups in total. The molecule has 2 amide bonds. The van der Waals surface area contributed by atoms with Crippen LogP contribution in [0.25, 0.3) is 10.2 Å². The molecule has 0 radical (unpaired) electrons. The third kappa shape index (κ3) is 4.97. The van der Waals surface area contributed by atoms with E-state index in [0.717, 1.165) is 22.2 Å². The lowest BCUT2D eigenvalue weighted by Gasteiger charge is -2.13. The van der Waals surface area contributed by atoms with E-state index in [0.29, 0.717) is 11.7 Å². The summed E-state index contributed by atoms with van der Waals surface area (Å²) in [4.78, 5) is 30.7. The summed E-state index contributed by atoms with van der Waals surface area (Å²) in [6.07, 6.45) is 1.16. The number of nitrogens with one attached hydrogen (secondary N) is 2. The first-order valence-corrected chi connectivity index (χ1v) is 11.5. The normalized spacial score (nSPS) is 17.3. The number of hydrogen-bond donors (Lipinski definition) is 2. The Kier molecular flexibility index (Phi) is 6.16. The zero-order valence-electron chi connectivity index (χ0n) is 15.6. The highest BCUT2D eigenvalue weighted by Crippen LogP contribution is 2.34. The summed E-state index contributed by atoms with van der Waals surface area (Å²) in [6.45, 7) is 3.00. The Bertz CT molecular complexity index is 989. The number of aromatic nitrogens is 1.